The summed E-state index contributed by atoms with van der Waals surface area (Å²) in [4.78, 5) is 15.2. The van der Waals surface area contributed by atoms with Crippen molar-refractivity contribution >= 4 is 32.6 Å². The number of aromatic nitrogens is 4. The Bertz CT molecular complexity index is 2550. The molecule has 0 fully saturated rings. The number of fused-ring (bicyclic) bond motifs is 4. The summed E-state index contributed by atoms with van der Waals surface area (Å²) >= 11 is 0. The van der Waals surface area contributed by atoms with E-state index >= 15 is 0 Å². The predicted molar refractivity (Wildman–Crippen MR) is 193 cm³/mol. The fraction of sp³-hybridized carbons (Fsp3) is 0. The van der Waals surface area contributed by atoms with Gasteiger partial charge in [0.15, 0.2) is 11.6 Å². The standard InChI is InChI=1S/C43H28N4/c1-3-11-29(12-4-1)36-25-26-40-38(28-36)37-17-9-10-18-39(37)47(40)43-45-41(32-14-5-2-6-15-32)44-42(46-43)33-22-19-31(20-23-33)35-24-21-30-13-7-8-16-34(30)27-35/h1-28H. The maximum atomic E-state index is 5.14. The third kappa shape index (κ3) is 4.84. The first-order valence-electron chi connectivity index (χ1n) is 15.8. The maximum absolute atomic E-state index is 5.14. The molecule has 9 rings (SSSR count). The molecule has 0 aliphatic rings. The number of hydrogen-bond acceptors (Lipinski definition) is 3. The molecule has 47 heavy (non-hydrogen) atoms. The minimum Gasteiger partial charge on any atom is -0.278 e. The summed E-state index contributed by atoms with van der Waals surface area (Å²) in [7, 11) is 0. The molecule has 0 aliphatic carbocycles. The lowest BCUT2D eigenvalue weighted by molar-refractivity contribution is 0.953. The van der Waals surface area contributed by atoms with E-state index in [1.54, 1.807) is 0 Å². The average molecular weight is 601 g/mol. The highest BCUT2D eigenvalue weighted by atomic mass is 15.2. The molecule has 0 amide bonds. The second kappa shape index (κ2) is 11.2. The molecule has 0 atom stereocenters. The first-order valence-corrected chi connectivity index (χ1v) is 15.8. The molecule has 0 N–H and O–H groups in total. The van der Waals surface area contributed by atoms with Gasteiger partial charge in [0, 0.05) is 21.9 Å². The lowest BCUT2D eigenvalue weighted by Crippen LogP contribution is -2.06. The Morgan fingerprint density at radius 3 is 1.60 bits per heavy atom. The van der Waals surface area contributed by atoms with Gasteiger partial charge in [-0.25, -0.2) is 4.98 Å². The Hall–Kier alpha value is -6.39. The van der Waals surface area contributed by atoms with Crippen molar-refractivity contribution in [3.8, 4) is 51.0 Å². The van der Waals surface area contributed by atoms with Crippen molar-refractivity contribution in [2.45, 2.75) is 0 Å². The molecule has 0 aliphatic heterocycles. The topological polar surface area (TPSA) is 43.6 Å². The highest BCUT2D eigenvalue weighted by Crippen LogP contribution is 2.35. The van der Waals surface area contributed by atoms with Crippen LogP contribution in [0.4, 0.5) is 0 Å². The Morgan fingerprint density at radius 1 is 0.319 bits per heavy atom. The van der Waals surface area contributed by atoms with Gasteiger partial charge in [-0.1, -0.05) is 146 Å². The van der Waals surface area contributed by atoms with Gasteiger partial charge in [-0.3, -0.25) is 4.57 Å². The lowest BCUT2D eigenvalue weighted by Gasteiger charge is -2.11. The van der Waals surface area contributed by atoms with Crippen molar-refractivity contribution in [3.05, 3.63) is 170 Å². The number of para-hydroxylation sites is 1. The monoisotopic (exact) mass is 600 g/mol. The molecule has 0 saturated heterocycles. The minimum absolute atomic E-state index is 0.589. The molecule has 0 unspecified atom stereocenters. The molecule has 7 aromatic carbocycles. The maximum Gasteiger partial charge on any atom is 0.238 e. The molecule has 2 aromatic heterocycles. The van der Waals surface area contributed by atoms with Crippen LogP contribution in [0, 0.1) is 0 Å². The van der Waals surface area contributed by atoms with Gasteiger partial charge in [-0.05, 0) is 57.3 Å². The van der Waals surface area contributed by atoms with E-state index in [4.69, 9.17) is 15.0 Å². The van der Waals surface area contributed by atoms with Gasteiger partial charge in [-0.2, -0.15) is 9.97 Å². The zero-order chi connectivity index (χ0) is 31.2. The quantitative estimate of drug-likeness (QED) is 0.197. The van der Waals surface area contributed by atoms with E-state index in [1.165, 1.54) is 27.5 Å². The molecular weight excluding hydrogens is 573 g/mol. The van der Waals surface area contributed by atoms with Crippen LogP contribution in [0.25, 0.3) is 83.6 Å². The fourth-order valence-corrected chi connectivity index (χ4v) is 6.49. The molecule has 0 saturated carbocycles. The predicted octanol–water partition coefficient (Wildman–Crippen LogP) is 10.8. The SMILES string of the molecule is c1ccc(-c2ccc3c(c2)c2ccccc2n3-c2nc(-c3ccccc3)nc(-c3ccc(-c4ccc5ccccc5c4)cc3)n2)cc1. The van der Waals surface area contributed by atoms with Crippen molar-refractivity contribution < 1.29 is 0 Å². The number of hydrogen-bond donors (Lipinski definition) is 0. The van der Waals surface area contributed by atoms with E-state index in [2.05, 4.69) is 138 Å². The van der Waals surface area contributed by atoms with Crippen LogP contribution in [0.15, 0.2) is 170 Å². The molecule has 220 valence electrons. The summed E-state index contributed by atoms with van der Waals surface area (Å²) in [6.45, 7) is 0. The highest BCUT2D eigenvalue weighted by molar-refractivity contribution is 6.10. The smallest absolute Gasteiger partial charge is 0.238 e. The van der Waals surface area contributed by atoms with Crippen molar-refractivity contribution in [2.75, 3.05) is 0 Å². The highest BCUT2D eigenvalue weighted by Gasteiger charge is 2.18. The van der Waals surface area contributed by atoms with Gasteiger partial charge in [0.2, 0.25) is 5.95 Å². The molecule has 0 radical (unpaired) electrons. The normalized spacial score (nSPS) is 11.4. The van der Waals surface area contributed by atoms with Crippen molar-refractivity contribution in [3.63, 3.8) is 0 Å². The van der Waals surface area contributed by atoms with E-state index in [-0.39, 0.29) is 0 Å². The second-order valence-corrected chi connectivity index (χ2v) is 11.7. The van der Waals surface area contributed by atoms with E-state index in [0.29, 0.717) is 17.6 Å². The molecule has 2 heterocycles. The van der Waals surface area contributed by atoms with Crippen LogP contribution < -0.4 is 0 Å². The summed E-state index contributed by atoms with van der Waals surface area (Å²) in [6.07, 6.45) is 0. The Balaban J connectivity index is 1.21. The zero-order valence-corrected chi connectivity index (χ0v) is 25.5. The van der Waals surface area contributed by atoms with E-state index in [1.807, 2.05) is 36.4 Å². The van der Waals surface area contributed by atoms with Crippen LogP contribution in [0.2, 0.25) is 0 Å². The summed E-state index contributed by atoms with van der Waals surface area (Å²) in [6, 6.07) is 59.3. The number of rotatable bonds is 5. The van der Waals surface area contributed by atoms with Gasteiger partial charge in [0.25, 0.3) is 0 Å². The van der Waals surface area contributed by atoms with Crippen LogP contribution in [-0.4, -0.2) is 19.5 Å². The Morgan fingerprint density at radius 2 is 0.830 bits per heavy atom. The zero-order valence-electron chi connectivity index (χ0n) is 25.5. The molecule has 4 heteroatoms. The lowest BCUT2D eigenvalue weighted by atomic mass is 10.0. The third-order valence-corrected chi connectivity index (χ3v) is 8.86. The first kappa shape index (κ1) is 27.0. The number of benzene rings is 7. The molecule has 0 spiro atoms. The minimum atomic E-state index is 0.589. The van der Waals surface area contributed by atoms with Crippen LogP contribution in [0.5, 0.6) is 0 Å². The van der Waals surface area contributed by atoms with E-state index in [9.17, 15) is 0 Å². The van der Waals surface area contributed by atoms with Crippen LogP contribution in [0.3, 0.4) is 0 Å². The van der Waals surface area contributed by atoms with Gasteiger partial charge in [0.05, 0.1) is 11.0 Å². The van der Waals surface area contributed by atoms with Gasteiger partial charge < -0.3 is 0 Å². The van der Waals surface area contributed by atoms with Crippen LogP contribution in [0.1, 0.15) is 0 Å². The summed E-state index contributed by atoms with van der Waals surface area (Å²) in [5, 5.41) is 4.78. The third-order valence-electron chi connectivity index (χ3n) is 8.86. The summed E-state index contributed by atoms with van der Waals surface area (Å²) in [5.41, 5.74) is 8.66. The molecule has 0 bridgehead atoms. The van der Waals surface area contributed by atoms with E-state index < -0.39 is 0 Å². The van der Waals surface area contributed by atoms with Crippen molar-refractivity contribution in [1.82, 2.24) is 19.5 Å². The summed E-state index contributed by atoms with van der Waals surface area (Å²) < 4.78 is 2.17. The van der Waals surface area contributed by atoms with Crippen molar-refractivity contribution in [2.24, 2.45) is 0 Å². The van der Waals surface area contributed by atoms with Gasteiger partial charge in [-0.15, -0.1) is 0 Å². The first-order chi connectivity index (χ1) is 23.3. The number of nitrogens with zero attached hydrogens (tertiary/aromatic N) is 4. The summed E-state index contributed by atoms with van der Waals surface area (Å²) in [5.74, 6) is 1.85. The van der Waals surface area contributed by atoms with Crippen LogP contribution in [-0.2, 0) is 0 Å². The average Bonchev–Trinajstić information content (AvgIpc) is 3.49. The largest absolute Gasteiger partial charge is 0.278 e. The van der Waals surface area contributed by atoms with Crippen LogP contribution >= 0.6 is 0 Å². The molecule has 4 nitrogen and oxygen atoms in total. The fourth-order valence-electron chi connectivity index (χ4n) is 6.49. The van der Waals surface area contributed by atoms with E-state index in [0.717, 1.165) is 38.5 Å². The van der Waals surface area contributed by atoms with Crippen molar-refractivity contribution in [1.29, 1.82) is 0 Å². The Labute approximate surface area is 272 Å². The molecule has 9 aromatic rings. The van der Waals surface area contributed by atoms with Gasteiger partial charge >= 0.3 is 0 Å². The Kier molecular flexibility index (Phi) is 6.43. The second-order valence-electron chi connectivity index (χ2n) is 11.7. The van der Waals surface area contributed by atoms with Gasteiger partial charge in [0.1, 0.15) is 0 Å². The molecular formula is C43H28N4.